The highest BCUT2D eigenvalue weighted by molar-refractivity contribution is 7.89. The fraction of sp³-hybridized carbons (Fsp3) is 0.429. The van der Waals surface area contributed by atoms with Gasteiger partial charge in [-0.2, -0.15) is 4.31 Å². The minimum atomic E-state index is -3.63. The number of hydrogen-bond donors (Lipinski definition) is 0. The summed E-state index contributed by atoms with van der Waals surface area (Å²) in [6.45, 7) is 3.35. The van der Waals surface area contributed by atoms with E-state index in [1.54, 1.807) is 18.3 Å². The average Bonchev–Trinajstić information content (AvgIpc) is 2.80. The van der Waals surface area contributed by atoms with E-state index < -0.39 is 10.0 Å². The fourth-order valence-electron chi connectivity index (χ4n) is 4.07. The molecule has 9 heteroatoms. The molecule has 2 aliphatic heterocycles. The molecule has 1 atom stereocenters. The van der Waals surface area contributed by atoms with Crippen LogP contribution in [0.3, 0.4) is 0 Å². The van der Waals surface area contributed by atoms with Crippen molar-refractivity contribution in [1.82, 2.24) is 14.2 Å². The summed E-state index contributed by atoms with van der Waals surface area (Å²) in [6, 6.07) is 12.0. The van der Waals surface area contributed by atoms with Crippen LogP contribution >= 0.6 is 11.6 Å². The molecule has 2 aromatic rings. The van der Waals surface area contributed by atoms with Crippen molar-refractivity contribution < 1.29 is 13.2 Å². The van der Waals surface area contributed by atoms with Gasteiger partial charge in [-0.1, -0.05) is 17.7 Å². The van der Waals surface area contributed by atoms with Crippen LogP contribution in [0.25, 0.3) is 0 Å². The number of aromatic nitrogens is 1. The topological polar surface area (TPSA) is 73.8 Å². The summed E-state index contributed by atoms with van der Waals surface area (Å²) < 4.78 is 27.4. The van der Waals surface area contributed by atoms with Crippen LogP contribution < -0.4 is 4.90 Å². The summed E-state index contributed by atoms with van der Waals surface area (Å²) in [6.07, 6.45) is 3.16. The molecular weight excluding hydrogens is 424 g/mol. The summed E-state index contributed by atoms with van der Waals surface area (Å²) in [5.41, 5.74) is 0. The second kappa shape index (κ2) is 8.91. The van der Waals surface area contributed by atoms with Gasteiger partial charge >= 0.3 is 0 Å². The number of rotatable bonds is 4. The highest BCUT2D eigenvalue weighted by atomic mass is 35.5. The lowest BCUT2D eigenvalue weighted by molar-refractivity contribution is -0.137. The SMILES string of the molecule is O=C([C@H]1CCCN(S(=O)(=O)c2ccc(Cl)cc2)C1)N1CCN(c2ccccn2)CC1. The van der Waals surface area contributed by atoms with Crippen LogP contribution in [0.15, 0.2) is 53.6 Å². The largest absolute Gasteiger partial charge is 0.353 e. The third kappa shape index (κ3) is 4.45. The molecule has 0 aliphatic carbocycles. The number of piperazine rings is 1. The quantitative estimate of drug-likeness (QED) is 0.718. The van der Waals surface area contributed by atoms with E-state index in [-0.39, 0.29) is 23.3 Å². The number of piperidine rings is 1. The second-order valence-electron chi connectivity index (χ2n) is 7.66. The Labute approximate surface area is 182 Å². The molecule has 0 saturated carbocycles. The Bertz CT molecular complexity index is 977. The molecule has 30 heavy (non-hydrogen) atoms. The number of pyridine rings is 1. The van der Waals surface area contributed by atoms with Crippen LogP contribution in [0.1, 0.15) is 12.8 Å². The summed E-state index contributed by atoms with van der Waals surface area (Å²) in [7, 11) is -3.63. The van der Waals surface area contributed by atoms with Crippen LogP contribution in [-0.2, 0) is 14.8 Å². The van der Waals surface area contributed by atoms with E-state index >= 15 is 0 Å². The van der Waals surface area contributed by atoms with Crippen molar-refractivity contribution in [2.24, 2.45) is 5.92 Å². The van der Waals surface area contributed by atoms with E-state index in [9.17, 15) is 13.2 Å². The number of carbonyl (C=O) groups excluding carboxylic acids is 1. The summed E-state index contributed by atoms with van der Waals surface area (Å²) in [5, 5.41) is 0.491. The Hall–Kier alpha value is -2.16. The Morgan fingerprint density at radius 2 is 1.73 bits per heavy atom. The molecule has 4 rings (SSSR count). The Morgan fingerprint density at radius 3 is 2.40 bits per heavy atom. The Balaban J connectivity index is 1.39. The predicted molar refractivity (Wildman–Crippen MR) is 116 cm³/mol. The molecule has 0 radical (unpaired) electrons. The summed E-state index contributed by atoms with van der Waals surface area (Å²) in [5.74, 6) is 0.663. The van der Waals surface area contributed by atoms with Gasteiger partial charge in [-0.15, -0.1) is 0 Å². The zero-order valence-corrected chi connectivity index (χ0v) is 18.2. The first-order chi connectivity index (χ1) is 14.4. The van der Waals surface area contributed by atoms with Crippen molar-refractivity contribution in [3.05, 3.63) is 53.7 Å². The van der Waals surface area contributed by atoms with E-state index in [0.29, 0.717) is 37.5 Å². The molecule has 2 fully saturated rings. The molecule has 2 saturated heterocycles. The summed E-state index contributed by atoms with van der Waals surface area (Å²) in [4.78, 5) is 21.7. The number of benzene rings is 1. The predicted octanol–water partition coefficient (Wildman–Crippen LogP) is 2.48. The molecule has 7 nitrogen and oxygen atoms in total. The van der Waals surface area contributed by atoms with Crippen LogP contribution in [0, 0.1) is 5.92 Å². The number of carbonyl (C=O) groups is 1. The van der Waals surface area contributed by atoms with Crippen molar-refractivity contribution in [2.75, 3.05) is 44.2 Å². The van der Waals surface area contributed by atoms with E-state index in [2.05, 4.69) is 9.88 Å². The van der Waals surface area contributed by atoms with Crippen molar-refractivity contribution in [2.45, 2.75) is 17.7 Å². The van der Waals surface area contributed by atoms with Crippen molar-refractivity contribution in [3.8, 4) is 0 Å². The van der Waals surface area contributed by atoms with Gasteiger partial charge in [-0.25, -0.2) is 13.4 Å². The van der Waals surface area contributed by atoms with Crippen molar-refractivity contribution in [1.29, 1.82) is 0 Å². The van der Waals surface area contributed by atoms with Gasteiger partial charge in [0, 0.05) is 50.5 Å². The lowest BCUT2D eigenvalue weighted by Crippen LogP contribution is -2.53. The zero-order chi connectivity index (χ0) is 21.1. The molecule has 1 aromatic heterocycles. The monoisotopic (exact) mass is 448 g/mol. The van der Waals surface area contributed by atoms with Gasteiger partial charge in [-0.3, -0.25) is 4.79 Å². The number of hydrogen-bond acceptors (Lipinski definition) is 5. The van der Waals surface area contributed by atoms with Crippen molar-refractivity contribution in [3.63, 3.8) is 0 Å². The van der Waals surface area contributed by atoms with E-state index in [1.807, 2.05) is 23.1 Å². The molecule has 0 spiro atoms. The normalized spacial score (nSPS) is 20.9. The van der Waals surface area contributed by atoms with Gasteiger partial charge in [0.1, 0.15) is 5.82 Å². The summed E-state index contributed by atoms with van der Waals surface area (Å²) >= 11 is 5.88. The van der Waals surface area contributed by atoms with Crippen LogP contribution in [0.5, 0.6) is 0 Å². The first kappa shape index (κ1) is 21.1. The van der Waals surface area contributed by atoms with E-state index in [4.69, 9.17) is 11.6 Å². The Kier molecular flexibility index (Phi) is 6.26. The van der Waals surface area contributed by atoms with Gasteiger partial charge in [0.15, 0.2) is 0 Å². The Morgan fingerprint density at radius 1 is 1.00 bits per heavy atom. The average molecular weight is 449 g/mol. The maximum atomic E-state index is 13.1. The first-order valence-electron chi connectivity index (χ1n) is 10.2. The van der Waals surface area contributed by atoms with Gasteiger partial charge in [0.25, 0.3) is 0 Å². The third-order valence-corrected chi connectivity index (χ3v) is 7.88. The minimum Gasteiger partial charge on any atom is -0.353 e. The standard InChI is InChI=1S/C21H25ClN4O3S/c22-18-6-8-19(9-7-18)30(28,29)26-11-3-4-17(16-26)21(27)25-14-12-24(13-15-25)20-5-1-2-10-23-20/h1-2,5-10,17H,3-4,11-16H2/t17-/m0/s1. The first-order valence-corrected chi connectivity index (χ1v) is 12.0. The molecule has 0 unspecified atom stereocenters. The lowest BCUT2D eigenvalue weighted by Gasteiger charge is -2.39. The van der Waals surface area contributed by atoms with Gasteiger partial charge in [0.2, 0.25) is 15.9 Å². The number of nitrogens with zero attached hydrogens (tertiary/aromatic N) is 4. The number of sulfonamides is 1. The molecule has 0 bridgehead atoms. The molecule has 0 N–H and O–H groups in total. The van der Waals surface area contributed by atoms with E-state index in [0.717, 1.165) is 18.9 Å². The maximum Gasteiger partial charge on any atom is 0.243 e. The zero-order valence-electron chi connectivity index (χ0n) is 16.7. The molecule has 1 aromatic carbocycles. The van der Waals surface area contributed by atoms with Crippen LogP contribution in [0.2, 0.25) is 5.02 Å². The number of anilines is 1. The molecule has 160 valence electrons. The molecule has 1 amide bonds. The maximum absolute atomic E-state index is 13.1. The highest BCUT2D eigenvalue weighted by Crippen LogP contribution is 2.26. The highest BCUT2D eigenvalue weighted by Gasteiger charge is 2.35. The minimum absolute atomic E-state index is 0.0478. The fourth-order valence-corrected chi connectivity index (χ4v) is 5.72. The van der Waals surface area contributed by atoms with Crippen LogP contribution in [0.4, 0.5) is 5.82 Å². The van der Waals surface area contributed by atoms with Crippen molar-refractivity contribution >= 4 is 33.3 Å². The third-order valence-electron chi connectivity index (χ3n) is 5.75. The lowest BCUT2D eigenvalue weighted by atomic mass is 9.98. The van der Waals surface area contributed by atoms with Crippen LogP contribution in [-0.4, -0.2) is 67.8 Å². The molecule has 3 heterocycles. The smallest absolute Gasteiger partial charge is 0.243 e. The number of halogens is 1. The van der Waals surface area contributed by atoms with Gasteiger partial charge in [0.05, 0.1) is 10.8 Å². The van der Waals surface area contributed by atoms with E-state index in [1.165, 1.54) is 16.4 Å². The second-order valence-corrected chi connectivity index (χ2v) is 10.0. The van der Waals surface area contributed by atoms with Gasteiger partial charge < -0.3 is 9.80 Å². The molecule has 2 aliphatic rings. The van der Waals surface area contributed by atoms with Gasteiger partial charge in [-0.05, 0) is 49.2 Å². The number of amides is 1. The molecular formula is C21H25ClN4O3S.